The summed E-state index contributed by atoms with van der Waals surface area (Å²) in [4.78, 5) is 43.1. The lowest BCUT2D eigenvalue weighted by Crippen LogP contribution is -2.18. The van der Waals surface area contributed by atoms with Gasteiger partial charge in [-0.2, -0.15) is 0 Å². The fraction of sp³-hybridized carbons (Fsp3) is 0.294. The maximum absolute atomic E-state index is 13.5. The van der Waals surface area contributed by atoms with Crippen LogP contribution in [0.3, 0.4) is 0 Å². The number of carbonyl (C=O) groups is 3. The molecule has 1 saturated carbocycles. The molecule has 0 saturated heterocycles. The molecule has 1 heterocycles. The number of fused-ring (bicyclic) bond motifs is 1. The van der Waals surface area contributed by atoms with Gasteiger partial charge in [0, 0.05) is 31.5 Å². The summed E-state index contributed by atoms with van der Waals surface area (Å²) in [5, 5.41) is 9.01. The summed E-state index contributed by atoms with van der Waals surface area (Å²) in [5.74, 6) is -3.07. The first-order chi connectivity index (χ1) is 13.1. The van der Waals surface area contributed by atoms with Crippen molar-refractivity contribution in [1.82, 2.24) is 4.57 Å². The number of hydrogen-bond donors (Lipinski definition) is 1. The monoisotopic (exact) mass is 410 g/mol. The molecule has 1 radical (unpaired) electrons. The number of pyridine rings is 1. The lowest BCUT2D eigenvalue weighted by Gasteiger charge is -2.11. The second-order valence-corrected chi connectivity index (χ2v) is 6.32. The predicted molar refractivity (Wildman–Crippen MR) is 97.7 cm³/mol. The van der Waals surface area contributed by atoms with Crippen LogP contribution in [-0.2, 0) is 18.9 Å². The summed E-state index contributed by atoms with van der Waals surface area (Å²) in [7, 11) is 0.699. The lowest BCUT2D eigenvalue weighted by atomic mass is 10.1. The Labute approximate surface area is 164 Å². The zero-order valence-corrected chi connectivity index (χ0v) is 15.7. The summed E-state index contributed by atoms with van der Waals surface area (Å²) in [6, 6.07) is 2.53. The van der Waals surface area contributed by atoms with Crippen molar-refractivity contribution in [3.8, 4) is 0 Å². The molecule has 1 aromatic heterocycles. The molecule has 1 fully saturated rings. The summed E-state index contributed by atoms with van der Waals surface area (Å²) in [6.45, 7) is 2.42. The lowest BCUT2D eigenvalue weighted by molar-refractivity contribution is -0.136. The topological polar surface area (TPSA) is 112 Å². The Bertz CT molecular complexity index is 989. The summed E-state index contributed by atoms with van der Waals surface area (Å²) in [6.07, 6.45) is 3.14. The first-order valence-corrected chi connectivity index (χ1v) is 8.43. The molecular weight excluding hydrogens is 395 g/mol. The highest BCUT2D eigenvalue weighted by Gasteiger charge is 2.27. The van der Waals surface area contributed by atoms with E-state index in [2.05, 4.69) is 9.31 Å². The quantitative estimate of drug-likeness (QED) is 0.771. The van der Waals surface area contributed by atoms with Crippen molar-refractivity contribution in [2.75, 3.05) is 0 Å². The Kier molecular flexibility index (Phi) is 6.79. The van der Waals surface area contributed by atoms with Crippen molar-refractivity contribution in [3.63, 3.8) is 0 Å². The molecule has 1 aromatic carbocycles. The second-order valence-electron chi connectivity index (χ2n) is 5.91. The Balaban J connectivity index is 0.000000266. The molecule has 1 N–H and O–H groups in total. The normalized spacial score (nSPS) is 12.6. The van der Waals surface area contributed by atoms with Crippen LogP contribution in [0, 0.1) is 5.82 Å². The Morgan fingerprint density at radius 1 is 1.21 bits per heavy atom. The number of rotatable bonds is 4. The number of aromatic carboxylic acids is 1. The van der Waals surface area contributed by atoms with Crippen LogP contribution in [0.25, 0.3) is 10.9 Å². The van der Waals surface area contributed by atoms with Gasteiger partial charge in [0.1, 0.15) is 11.4 Å². The van der Waals surface area contributed by atoms with E-state index in [4.69, 9.17) is 16.7 Å². The maximum Gasteiger partial charge on any atom is 0.662 e. The predicted octanol–water partition coefficient (Wildman–Crippen LogP) is 2.47. The van der Waals surface area contributed by atoms with Gasteiger partial charge in [-0.05, 0) is 25.0 Å². The number of carbonyl (C=O) groups excluding carboxylic acids is 2. The van der Waals surface area contributed by atoms with E-state index in [1.54, 1.807) is 4.57 Å². The van der Waals surface area contributed by atoms with Gasteiger partial charge in [0.15, 0.2) is 0 Å². The first kappa shape index (κ1) is 21.4. The molecule has 0 spiro atoms. The smallest absolute Gasteiger partial charge is 0.500 e. The van der Waals surface area contributed by atoms with Crippen molar-refractivity contribution in [1.29, 1.82) is 0 Å². The average Bonchev–Trinajstić information content (AvgIpc) is 3.41. The number of carboxylic acid groups (broad SMARTS) is 1. The van der Waals surface area contributed by atoms with Crippen LogP contribution in [-0.4, -0.2) is 35.3 Å². The van der Waals surface area contributed by atoms with Crippen molar-refractivity contribution in [3.05, 3.63) is 45.0 Å². The molecule has 28 heavy (non-hydrogen) atoms. The van der Waals surface area contributed by atoms with Gasteiger partial charge in [0.05, 0.1) is 10.5 Å². The molecule has 0 bridgehead atoms. The molecule has 3 rings (SSSR count). The van der Waals surface area contributed by atoms with E-state index in [1.165, 1.54) is 26.1 Å². The van der Waals surface area contributed by atoms with Crippen molar-refractivity contribution in [2.45, 2.75) is 32.7 Å². The molecule has 11 heteroatoms. The second kappa shape index (κ2) is 8.88. The Hall–Kier alpha value is -2.88. The molecule has 8 nitrogen and oxygen atoms in total. The van der Waals surface area contributed by atoms with E-state index >= 15 is 0 Å². The average molecular weight is 411 g/mol. The molecule has 0 atom stereocenters. The molecule has 0 amide bonds. The van der Waals surface area contributed by atoms with Crippen LogP contribution in [0.5, 0.6) is 0 Å². The third kappa shape index (κ3) is 5.32. The van der Waals surface area contributed by atoms with Crippen LogP contribution in [0.4, 0.5) is 4.39 Å². The highest BCUT2D eigenvalue weighted by atomic mass is 35.5. The molecule has 147 valence electrons. The molecule has 0 aliphatic heterocycles. The van der Waals surface area contributed by atoms with Crippen LogP contribution in [0.2, 0.25) is 5.02 Å². The molecular formula is C17H15BClFNO7. The van der Waals surface area contributed by atoms with Gasteiger partial charge in [-0.15, -0.1) is 0 Å². The van der Waals surface area contributed by atoms with Crippen LogP contribution in [0.1, 0.15) is 43.1 Å². The van der Waals surface area contributed by atoms with E-state index in [0.29, 0.717) is 13.2 Å². The Morgan fingerprint density at radius 3 is 2.25 bits per heavy atom. The van der Waals surface area contributed by atoms with Gasteiger partial charge >= 0.3 is 13.7 Å². The minimum absolute atomic E-state index is 0.0497. The molecule has 0 unspecified atom stereocenters. The van der Waals surface area contributed by atoms with Crippen LogP contribution >= 0.6 is 11.6 Å². The minimum Gasteiger partial charge on any atom is -0.500 e. The van der Waals surface area contributed by atoms with Gasteiger partial charge in [-0.3, -0.25) is 14.4 Å². The van der Waals surface area contributed by atoms with Gasteiger partial charge in [0.25, 0.3) is 11.9 Å². The first-order valence-electron chi connectivity index (χ1n) is 8.05. The zero-order valence-electron chi connectivity index (χ0n) is 14.9. The van der Waals surface area contributed by atoms with E-state index in [9.17, 15) is 23.6 Å². The third-order valence-corrected chi connectivity index (χ3v) is 3.96. The van der Waals surface area contributed by atoms with Gasteiger partial charge in [0.2, 0.25) is 5.43 Å². The highest BCUT2D eigenvalue weighted by Crippen LogP contribution is 2.37. The van der Waals surface area contributed by atoms with Crippen molar-refractivity contribution in [2.24, 2.45) is 0 Å². The summed E-state index contributed by atoms with van der Waals surface area (Å²) >= 11 is 5.73. The van der Waals surface area contributed by atoms with E-state index in [-0.39, 0.29) is 22.0 Å². The number of nitrogens with zero attached hydrogens (tertiary/aromatic N) is 1. The van der Waals surface area contributed by atoms with Crippen molar-refractivity contribution >= 4 is 48.1 Å². The van der Waals surface area contributed by atoms with Gasteiger partial charge < -0.3 is 19.0 Å². The minimum atomic E-state index is -1.31. The SMILES string of the molecule is CC(=O)O[B]OC(C)=O.O=C(O)c1cn(C2CC2)c2cc(Cl)c(F)cc2c1=O. The fourth-order valence-electron chi connectivity index (χ4n) is 2.31. The van der Waals surface area contributed by atoms with Crippen molar-refractivity contribution < 1.29 is 33.2 Å². The van der Waals surface area contributed by atoms with E-state index < -0.39 is 29.2 Å². The standard InChI is InChI=1S/C13H9ClFNO3.C4H6BO4/c14-9-4-11-7(3-10(9)15)12(17)8(13(18)19)5-16(11)6-1-2-6;1-3(6)8-5-9-4(2)7/h3-6H,1-2H2,(H,18,19);1-2H3. The van der Waals surface area contributed by atoms with Crippen LogP contribution in [0.15, 0.2) is 23.1 Å². The Morgan fingerprint density at radius 2 is 1.79 bits per heavy atom. The summed E-state index contributed by atoms with van der Waals surface area (Å²) < 4.78 is 23.5. The van der Waals surface area contributed by atoms with E-state index in [1.807, 2.05) is 0 Å². The van der Waals surface area contributed by atoms with Gasteiger partial charge in [-0.1, -0.05) is 11.6 Å². The molecule has 1 aliphatic carbocycles. The molecule has 2 aromatic rings. The molecule has 1 aliphatic rings. The number of hydrogen-bond acceptors (Lipinski definition) is 6. The number of benzene rings is 1. The maximum atomic E-state index is 13.5. The number of carboxylic acids is 1. The van der Waals surface area contributed by atoms with Gasteiger partial charge in [-0.25, -0.2) is 9.18 Å². The largest absolute Gasteiger partial charge is 0.662 e. The zero-order chi connectivity index (χ0) is 21.0. The fourth-order valence-corrected chi connectivity index (χ4v) is 2.47. The highest BCUT2D eigenvalue weighted by molar-refractivity contribution is 6.31. The third-order valence-electron chi connectivity index (χ3n) is 3.67. The van der Waals surface area contributed by atoms with E-state index in [0.717, 1.165) is 18.9 Å². The van der Waals surface area contributed by atoms with Crippen LogP contribution < -0.4 is 5.43 Å². The number of aromatic nitrogens is 1. The number of halogens is 2. The summed E-state index contributed by atoms with van der Waals surface area (Å²) in [5.41, 5.74) is -0.556.